The maximum absolute atomic E-state index is 12.8. The molecule has 5 rings (SSSR count). The molecule has 1 aliphatic carbocycles. The van der Waals surface area contributed by atoms with Gasteiger partial charge in [-0.3, -0.25) is 9.78 Å². The highest BCUT2D eigenvalue weighted by Gasteiger charge is 2.50. The van der Waals surface area contributed by atoms with Gasteiger partial charge in [-0.1, -0.05) is 6.07 Å². The van der Waals surface area contributed by atoms with Crippen LogP contribution in [-0.2, 0) is 33.7 Å². The molecule has 3 aliphatic rings. The first-order chi connectivity index (χ1) is 16.5. The highest BCUT2D eigenvalue weighted by atomic mass is 32.1. The Balaban J connectivity index is 0.000000364. The summed E-state index contributed by atoms with van der Waals surface area (Å²) in [4.78, 5) is 30.5. The summed E-state index contributed by atoms with van der Waals surface area (Å²) in [7, 11) is 0. The van der Waals surface area contributed by atoms with Gasteiger partial charge < -0.3 is 19.5 Å². The van der Waals surface area contributed by atoms with Gasteiger partial charge in [-0.15, -0.1) is 11.3 Å². The Bertz CT molecular complexity index is 1060. The van der Waals surface area contributed by atoms with Crippen molar-refractivity contribution in [1.82, 2.24) is 9.88 Å². The highest BCUT2D eigenvalue weighted by molar-refractivity contribution is 7.14. The Kier molecular flexibility index (Phi) is 7.48. The number of fused-ring (bicyclic) bond motifs is 1. The Hall–Kier alpha value is -2.50. The number of aliphatic carboxylic acids is 1. The van der Waals surface area contributed by atoms with E-state index in [2.05, 4.69) is 11.1 Å². The SMILES string of the molecule is Cc1cccc(COC2CCOC3(C2)CN(C(=O)c2cc4c(s2)CCC4)C3)n1.O=C(O)C(F)(F)F. The van der Waals surface area contributed by atoms with Gasteiger partial charge in [0.1, 0.15) is 5.60 Å². The zero-order valence-electron chi connectivity index (χ0n) is 19.3. The van der Waals surface area contributed by atoms with E-state index in [4.69, 9.17) is 19.4 Å². The number of amides is 1. The first-order valence-corrected chi connectivity index (χ1v) is 12.3. The second-order valence-electron chi connectivity index (χ2n) is 9.10. The number of thiophene rings is 1. The number of nitrogens with zero attached hydrogens (tertiary/aromatic N) is 2. The van der Waals surface area contributed by atoms with E-state index in [0.29, 0.717) is 26.3 Å². The lowest BCUT2D eigenvalue weighted by atomic mass is 9.84. The van der Waals surface area contributed by atoms with E-state index < -0.39 is 12.1 Å². The van der Waals surface area contributed by atoms with Crippen molar-refractivity contribution in [3.63, 3.8) is 0 Å². The molecule has 35 heavy (non-hydrogen) atoms. The van der Waals surface area contributed by atoms with Crippen LogP contribution in [0.25, 0.3) is 0 Å². The van der Waals surface area contributed by atoms with E-state index >= 15 is 0 Å². The van der Waals surface area contributed by atoms with Crippen LogP contribution in [0.15, 0.2) is 24.3 Å². The second-order valence-corrected chi connectivity index (χ2v) is 10.2. The summed E-state index contributed by atoms with van der Waals surface area (Å²) in [5.74, 6) is -2.59. The molecule has 2 fully saturated rings. The summed E-state index contributed by atoms with van der Waals surface area (Å²) in [6, 6.07) is 8.13. The summed E-state index contributed by atoms with van der Waals surface area (Å²) < 4.78 is 44.0. The third kappa shape index (κ3) is 6.20. The molecule has 11 heteroatoms. The van der Waals surface area contributed by atoms with Crippen LogP contribution in [0.3, 0.4) is 0 Å². The normalized spacial score (nSPS) is 20.6. The third-order valence-corrected chi connectivity index (χ3v) is 7.53. The first kappa shape index (κ1) is 25.6. The summed E-state index contributed by atoms with van der Waals surface area (Å²) >= 11 is 1.69. The number of rotatable bonds is 4. The third-order valence-electron chi connectivity index (χ3n) is 6.31. The van der Waals surface area contributed by atoms with Crippen molar-refractivity contribution in [3.05, 3.63) is 51.0 Å². The molecule has 2 aromatic heterocycles. The number of aryl methyl sites for hydroxylation is 3. The van der Waals surface area contributed by atoms with Gasteiger partial charge in [-0.2, -0.15) is 13.2 Å². The van der Waals surface area contributed by atoms with E-state index in [1.807, 2.05) is 30.0 Å². The van der Waals surface area contributed by atoms with Gasteiger partial charge in [0.2, 0.25) is 0 Å². The van der Waals surface area contributed by atoms with Crippen LogP contribution < -0.4 is 0 Å². The number of likely N-dealkylation sites (tertiary alicyclic amines) is 1. The van der Waals surface area contributed by atoms with Crippen molar-refractivity contribution in [1.29, 1.82) is 0 Å². The minimum Gasteiger partial charge on any atom is -0.475 e. The van der Waals surface area contributed by atoms with E-state index in [0.717, 1.165) is 41.9 Å². The Morgan fingerprint density at radius 2 is 2.06 bits per heavy atom. The van der Waals surface area contributed by atoms with Gasteiger partial charge >= 0.3 is 12.1 Å². The van der Waals surface area contributed by atoms with E-state index in [1.165, 1.54) is 16.9 Å². The molecule has 0 radical (unpaired) electrons. The standard InChI is InChI=1S/C22H26N2O3S.C2HF3O2/c1-15-4-2-6-17(23-15)12-26-18-8-9-27-22(11-18)13-24(14-22)21(25)20-10-16-5-3-7-19(16)28-20;3-2(4,5)1(6)7/h2,4,6,10,18H,3,5,7-9,11-14H2,1H3;(H,6,7). The van der Waals surface area contributed by atoms with Crippen molar-refractivity contribution >= 4 is 23.2 Å². The lowest BCUT2D eigenvalue weighted by Crippen LogP contribution is -2.67. The summed E-state index contributed by atoms with van der Waals surface area (Å²) in [5, 5.41) is 7.12. The van der Waals surface area contributed by atoms with Gasteiger partial charge in [0, 0.05) is 23.6 Å². The topological polar surface area (TPSA) is 89.0 Å². The molecule has 1 unspecified atom stereocenters. The zero-order chi connectivity index (χ0) is 25.2. The van der Waals surface area contributed by atoms with Crippen LogP contribution in [-0.4, -0.2) is 64.4 Å². The number of hydrogen-bond acceptors (Lipinski definition) is 6. The van der Waals surface area contributed by atoms with Crippen molar-refractivity contribution in [2.45, 2.75) is 63.5 Å². The van der Waals surface area contributed by atoms with Crippen molar-refractivity contribution in [2.24, 2.45) is 0 Å². The molecule has 1 spiro atoms. The van der Waals surface area contributed by atoms with Crippen molar-refractivity contribution in [2.75, 3.05) is 19.7 Å². The van der Waals surface area contributed by atoms with Crippen molar-refractivity contribution in [3.8, 4) is 0 Å². The van der Waals surface area contributed by atoms with Gasteiger partial charge in [0.25, 0.3) is 5.91 Å². The van der Waals surface area contributed by atoms with Crippen LogP contribution in [0.5, 0.6) is 0 Å². The molecule has 1 N–H and O–H groups in total. The minimum absolute atomic E-state index is 0.166. The highest BCUT2D eigenvalue weighted by Crippen LogP contribution is 2.38. The second kappa shape index (κ2) is 10.2. The quantitative estimate of drug-likeness (QED) is 0.662. The van der Waals surface area contributed by atoms with Crippen LogP contribution >= 0.6 is 11.3 Å². The van der Waals surface area contributed by atoms with Gasteiger partial charge in [0.15, 0.2) is 0 Å². The molecule has 190 valence electrons. The molecule has 2 aliphatic heterocycles. The van der Waals surface area contributed by atoms with Gasteiger partial charge in [-0.05, 0) is 56.4 Å². The molecule has 0 saturated carbocycles. The fourth-order valence-corrected chi connectivity index (χ4v) is 5.83. The smallest absolute Gasteiger partial charge is 0.475 e. The zero-order valence-corrected chi connectivity index (χ0v) is 20.1. The molecular formula is C24H27F3N2O5S. The summed E-state index contributed by atoms with van der Waals surface area (Å²) in [6.45, 7) is 4.58. The number of carboxylic acid groups (broad SMARTS) is 1. The molecule has 2 saturated heterocycles. The van der Waals surface area contributed by atoms with Crippen LogP contribution in [0.2, 0.25) is 0 Å². The lowest BCUT2D eigenvalue weighted by molar-refractivity contribution is -0.192. The van der Waals surface area contributed by atoms with E-state index in [9.17, 15) is 18.0 Å². The number of alkyl halides is 3. The maximum atomic E-state index is 12.8. The summed E-state index contributed by atoms with van der Waals surface area (Å²) in [5.41, 5.74) is 3.14. The number of pyridine rings is 1. The number of aromatic nitrogens is 1. The average Bonchev–Trinajstić information content (AvgIpc) is 3.38. The van der Waals surface area contributed by atoms with E-state index in [-0.39, 0.29) is 17.6 Å². The van der Waals surface area contributed by atoms with Crippen molar-refractivity contribution < 1.29 is 37.3 Å². The number of carbonyl (C=O) groups is 2. The molecule has 0 aromatic carbocycles. The average molecular weight is 513 g/mol. The molecule has 7 nitrogen and oxygen atoms in total. The Morgan fingerprint density at radius 3 is 2.71 bits per heavy atom. The van der Waals surface area contributed by atoms with E-state index in [1.54, 1.807) is 11.3 Å². The molecule has 0 bridgehead atoms. The molecule has 1 atom stereocenters. The predicted octanol–water partition coefficient (Wildman–Crippen LogP) is 4.16. The largest absolute Gasteiger partial charge is 0.490 e. The van der Waals surface area contributed by atoms with Gasteiger partial charge in [0.05, 0.1) is 36.4 Å². The van der Waals surface area contributed by atoms with Gasteiger partial charge in [-0.25, -0.2) is 4.79 Å². The molecule has 4 heterocycles. The number of hydrogen-bond donors (Lipinski definition) is 1. The monoisotopic (exact) mass is 512 g/mol. The number of carbonyl (C=O) groups excluding carboxylic acids is 1. The summed E-state index contributed by atoms with van der Waals surface area (Å²) in [6.07, 6.45) is 0.327. The van der Waals surface area contributed by atoms with Crippen LogP contribution in [0.4, 0.5) is 13.2 Å². The van der Waals surface area contributed by atoms with Crippen LogP contribution in [0, 0.1) is 6.92 Å². The first-order valence-electron chi connectivity index (χ1n) is 11.4. The minimum atomic E-state index is -5.08. The molecule has 1 amide bonds. The number of halogens is 3. The Morgan fingerprint density at radius 1 is 1.31 bits per heavy atom. The maximum Gasteiger partial charge on any atom is 0.490 e. The number of carboxylic acids is 1. The fraction of sp³-hybridized carbons (Fsp3) is 0.542. The Labute approximate surface area is 204 Å². The number of ether oxygens (including phenoxy) is 2. The fourth-order valence-electron chi connectivity index (χ4n) is 4.61. The molecular weight excluding hydrogens is 485 g/mol. The predicted molar refractivity (Wildman–Crippen MR) is 121 cm³/mol. The lowest BCUT2D eigenvalue weighted by Gasteiger charge is -2.52. The van der Waals surface area contributed by atoms with Crippen LogP contribution in [0.1, 0.15) is 50.8 Å². The molecule has 2 aromatic rings.